The van der Waals surface area contributed by atoms with E-state index in [9.17, 15) is 9.59 Å². The Bertz CT molecular complexity index is 360. The van der Waals surface area contributed by atoms with Crippen LogP contribution in [-0.4, -0.2) is 18.7 Å². The van der Waals surface area contributed by atoms with Gasteiger partial charge in [0, 0.05) is 17.3 Å². The highest BCUT2D eigenvalue weighted by Crippen LogP contribution is 2.19. The van der Waals surface area contributed by atoms with Crippen molar-refractivity contribution in [2.75, 3.05) is 12.3 Å². The lowest BCUT2D eigenvalue weighted by Gasteiger charge is -2.05. The minimum absolute atomic E-state index is 0.0150. The van der Waals surface area contributed by atoms with E-state index in [1.54, 1.807) is 12.1 Å². The highest BCUT2D eigenvalue weighted by molar-refractivity contribution is 5.99. The zero-order chi connectivity index (χ0) is 10.6. The fourth-order valence-electron chi connectivity index (χ4n) is 1.08. The van der Waals surface area contributed by atoms with Gasteiger partial charge in [-0.3, -0.25) is 9.59 Å². The topological polar surface area (TPSA) is 69.4 Å². The number of Topliss-reactive ketones (excluding diaryl/α,β-unsaturated/α-hetero) is 1. The third-order valence-corrected chi connectivity index (χ3v) is 1.72. The van der Waals surface area contributed by atoms with Gasteiger partial charge in [-0.05, 0) is 19.1 Å². The summed E-state index contributed by atoms with van der Waals surface area (Å²) in [5.41, 5.74) is 6.43. The van der Waals surface area contributed by atoms with Crippen molar-refractivity contribution in [3.8, 4) is 5.75 Å². The summed E-state index contributed by atoms with van der Waals surface area (Å²) in [7, 11) is 0. The molecule has 0 amide bonds. The molecule has 14 heavy (non-hydrogen) atoms. The highest BCUT2D eigenvalue weighted by Gasteiger charge is 2.05. The lowest BCUT2D eigenvalue weighted by molar-refractivity contribution is -0.109. The van der Waals surface area contributed by atoms with Crippen LogP contribution in [0.3, 0.4) is 0 Å². The first-order valence-electron chi connectivity index (χ1n) is 4.12. The third kappa shape index (κ3) is 2.32. The van der Waals surface area contributed by atoms with Crippen LogP contribution in [0.4, 0.5) is 5.69 Å². The molecule has 0 radical (unpaired) electrons. The number of hydrogen-bond acceptors (Lipinski definition) is 4. The Labute approximate surface area is 81.7 Å². The first-order chi connectivity index (χ1) is 6.65. The predicted octanol–water partition coefficient (Wildman–Crippen LogP) is 1.05. The molecule has 0 bridgehead atoms. The largest absolute Gasteiger partial charge is 0.486 e. The van der Waals surface area contributed by atoms with Crippen LogP contribution < -0.4 is 10.5 Å². The van der Waals surface area contributed by atoms with Gasteiger partial charge in [0.1, 0.15) is 12.4 Å². The number of anilines is 1. The Morgan fingerprint density at radius 3 is 2.79 bits per heavy atom. The number of hydrogen-bond donors (Lipinski definition) is 1. The van der Waals surface area contributed by atoms with Gasteiger partial charge in [0.05, 0.1) is 0 Å². The van der Waals surface area contributed by atoms with E-state index in [4.69, 9.17) is 10.5 Å². The standard InChI is InChI=1S/C10H11NO3/c1-7(13)9-3-2-8(6-10(9)11)14-5-4-12/h2-4,6H,5,11H2,1H3. The van der Waals surface area contributed by atoms with Gasteiger partial charge in [-0.1, -0.05) is 0 Å². The van der Waals surface area contributed by atoms with Crippen LogP contribution in [0.25, 0.3) is 0 Å². The van der Waals surface area contributed by atoms with E-state index < -0.39 is 0 Å². The van der Waals surface area contributed by atoms with Crippen molar-refractivity contribution in [1.29, 1.82) is 0 Å². The van der Waals surface area contributed by atoms with Crippen LogP contribution in [-0.2, 0) is 4.79 Å². The van der Waals surface area contributed by atoms with Gasteiger partial charge in [-0.15, -0.1) is 0 Å². The number of nitrogen functional groups attached to an aromatic ring is 1. The molecule has 0 heterocycles. The van der Waals surface area contributed by atoms with Crippen molar-refractivity contribution in [1.82, 2.24) is 0 Å². The summed E-state index contributed by atoms with van der Waals surface area (Å²) in [6.07, 6.45) is 0.648. The Kier molecular flexibility index (Phi) is 3.23. The third-order valence-electron chi connectivity index (χ3n) is 1.72. The first kappa shape index (κ1) is 10.2. The van der Waals surface area contributed by atoms with Crippen LogP contribution >= 0.6 is 0 Å². The number of benzene rings is 1. The average Bonchev–Trinajstić information content (AvgIpc) is 2.14. The van der Waals surface area contributed by atoms with Crippen LogP contribution in [0, 0.1) is 0 Å². The van der Waals surface area contributed by atoms with Gasteiger partial charge < -0.3 is 10.5 Å². The molecule has 0 aliphatic heterocycles. The van der Waals surface area contributed by atoms with E-state index in [1.165, 1.54) is 13.0 Å². The molecule has 0 saturated heterocycles. The van der Waals surface area contributed by atoms with Crippen molar-refractivity contribution < 1.29 is 14.3 Å². The first-order valence-corrected chi connectivity index (χ1v) is 4.12. The quantitative estimate of drug-likeness (QED) is 0.441. The molecular weight excluding hydrogens is 182 g/mol. The van der Waals surface area contributed by atoms with E-state index in [2.05, 4.69) is 0 Å². The summed E-state index contributed by atoms with van der Waals surface area (Å²) in [6, 6.07) is 4.72. The molecule has 0 saturated carbocycles. The summed E-state index contributed by atoms with van der Waals surface area (Å²) in [6.45, 7) is 1.43. The molecule has 0 aliphatic rings. The molecule has 0 spiro atoms. The summed E-state index contributed by atoms with van der Waals surface area (Å²) < 4.78 is 5.01. The fraction of sp³-hybridized carbons (Fsp3) is 0.200. The SMILES string of the molecule is CC(=O)c1ccc(OCC=O)cc1N. The van der Waals surface area contributed by atoms with Gasteiger partial charge in [0.2, 0.25) is 0 Å². The average molecular weight is 193 g/mol. The molecule has 0 fully saturated rings. The number of carbonyl (C=O) groups excluding carboxylic acids is 2. The molecular formula is C10H11NO3. The maximum Gasteiger partial charge on any atom is 0.161 e. The molecule has 1 aromatic rings. The van der Waals surface area contributed by atoms with Gasteiger partial charge in [-0.2, -0.15) is 0 Å². The number of nitrogens with two attached hydrogens (primary N) is 1. The highest BCUT2D eigenvalue weighted by atomic mass is 16.5. The fourth-order valence-corrected chi connectivity index (χ4v) is 1.08. The van der Waals surface area contributed by atoms with Crippen LogP contribution in [0.2, 0.25) is 0 Å². The van der Waals surface area contributed by atoms with Crippen molar-refractivity contribution in [3.05, 3.63) is 23.8 Å². The second kappa shape index (κ2) is 4.41. The summed E-state index contributed by atoms with van der Waals surface area (Å²) in [4.78, 5) is 21.0. The van der Waals surface area contributed by atoms with Crippen LogP contribution in [0.5, 0.6) is 5.75 Å². The zero-order valence-electron chi connectivity index (χ0n) is 7.82. The van der Waals surface area contributed by atoms with Crippen molar-refractivity contribution >= 4 is 17.8 Å². The normalized spacial score (nSPS) is 9.50. The molecule has 0 unspecified atom stereocenters. The maximum atomic E-state index is 11.0. The van der Waals surface area contributed by atoms with E-state index in [0.29, 0.717) is 23.3 Å². The molecule has 0 aliphatic carbocycles. The molecule has 0 atom stereocenters. The molecule has 2 N–H and O–H groups in total. The molecule has 74 valence electrons. The van der Waals surface area contributed by atoms with E-state index in [1.807, 2.05) is 0 Å². The molecule has 1 rings (SSSR count). The van der Waals surface area contributed by atoms with Gasteiger partial charge in [-0.25, -0.2) is 0 Å². The Hall–Kier alpha value is -1.84. The molecule has 1 aromatic carbocycles. The monoisotopic (exact) mass is 193 g/mol. The minimum atomic E-state index is -0.0931. The lowest BCUT2D eigenvalue weighted by Crippen LogP contribution is -2.02. The molecule has 4 heteroatoms. The van der Waals surface area contributed by atoms with Gasteiger partial charge >= 0.3 is 0 Å². The van der Waals surface area contributed by atoms with E-state index in [0.717, 1.165) is 0 Å². The molecule has 4 nitrogen and oxygen atoms in total. The number of ether oxygens (including phenoxy) is 1. The molecule has 0 aromatic heterocycles. The van der Waals surface area contributed by atoms with Gasteiger partial charge in [0.15, 0.2) is 12.1 Å². The van der Waals surface area contributed by atoms with Crippen molar-refractivity contribution in [2.24, 2.45) is 0 Å². The lowest BCUT2D eigenvalue weighted by atomic mass is 10.1. The Balaban J connectivity index is 2.88. The Morgan fingerprint density at radius 1 is 1.57 bits per heavy atom. The number of aldehydes is 1. The summed E-state index contributed by atoms with van der Waals surface area (Å²) >= 11 is 0. The smallest absolute Gasteiger partial charge is 0.161 e. The van der Waals surface area contributed by atoms with Crippen LogP contribution in [0.15, 0.2) is 18.2 Å². The van der Waals surface area contributed by atoms with Gasteiger partial charge in [0.25, 0.3) is 0 Å². The number of ketones is 1. The predicted molar refractivity (Wildman–Crippen MR) is 52.4 cm³/mol. The van der Waals surface area contributed by atoms with Crippen LogP contribution in [0.1, 0.15) is 17.3 Å². The zero-order valence-corrected chi connectivity index (χ0v) is 7.82. The van der Waals surface area contributed by atoms with Crippen molar-refractivity contribution in [3.63, 3.8) is 0 Å². The second-order valence-electron chi connectivity index (χ2n) is 2.78. The summed E-state index contributed by atoms with van der Waals surface area (Å²) in [5, 5.41) is 0. The maximum absolute atomic E-state index is 11.0. The number of carbonyl (C=O) groups is 2. The summed E-state index contributed by atoms with van der Waals surface area (Å²) in [5.74, 6) is 0.393. The minimum Gasteiger partial charge on any atom is -0.486 e. The van der Waals surface area contributed by atoms with Crippen molar-refractivity contribution in [2.45, 2.75) is 6.92 Å². The van der Waals surface area contributed by atoms with E-state index >= 15 is 0 Å². The Morgan fingerprint density at radius 2 is 2.29 bits per heavy atom. The van der Waals surface area contributed by atoms with E-state index in [-0.39, 0.29) is 12.4 Å². The second-order valence-corrected chi connectivity index (χ2v) is 2.78. The number of rotatable bonds is 4.